The number of hydrogen-bond donors (Lipinski definition) is 0. The smallest absolute Gasteiger partial charge is 0.258 e. The maximum Gasteiger partial charge on any atom is 0.258 e. The van der Waals surface area contributed by atoms with E-state index in [2.05, 4.69) is 41.1 Å². The van der Waals surface area contributed by atoms with Crippen molar-refractivity contribution in [3.63, 3.8) is 0 Å². The summed E-state index contributed by atoms with van der Waals surface area (Å²) in [6.07, 6.45) is 1.84. The van der Waals surface area contributed by atoms with Crippen LogP contribution in [-0.4, -0.2) is 21.3 Å². The zero-order valence-electron chi connectivity index (χ0n) is 13.0. The van der Waals surface area contributed by atoms with E-state index in [0.29, 0.717) is 6.54 Å². The van der Waals surface area contributed by atoms with Gasteiger partial charge in [0.25, 0.3) is 5.56 Å². The van der Waals surface area contributed by atoms with Crippen molar-refractivity contribution in [3.8, 4) is 0 Å². The number of nitrogens with zero attached hydrogens (tertiary/aromatic N) is 3. The number of hydrogen-bond acceptors (Lipinski definition) is 4. The summed E-state index contributed by atoms with van der Waals surface area (Å²) in [5, 5.41) is 0. The molecule has 0 radical (unpaired) electrons. The molecule has 2 heterocycles. The van der Waals surface area contributed by atoms with E-state index in [1.54, 1.807) is 21.8 Å². The third-order valence-electron chi connectivity index (χ3n) is 3.54. The van der Waals surface area contributed by atoms with Gasteiger partial charge in [-0.05, 0) is 26.5 Å². The van der Waals surface area contributed by atoms with Gasteiger partial charge < -0.3 is 0 Å². The second-order valence-corrected chi connectivity index (χ2v) is 6.95. The lowest BCUT2D eigenvalue weighted by Crippen LogP contribution is -2.21. The van der Waals surface area contributed by atoms with Gasteiger partial charge in [0, 0.05) is 30.2 Å². The van der Waals surface area contributed by atoms with Crippen LogP contribution in [-0.2, 0) is 13.1 Å². The summed E-state index contributed by atoms with van der Waals surface area (Å²) in [7, 11) is 2.04. The summed E-state index contributed by atoms with van der Waals surface area (Å²) in [4.78, 5) is 20.7. The second kappa shape index (κ2) is 6.02. The van der Waals surface area contributed by atoms with Crippen LogP contribution in [0.1, 0.15) is 21.7 Å². The number of benzene rings is 1. The van der Waals surface area contributed by atoms with Crippen LogP contribution in [0.4, 0.5) is 0 Å². The maximum absolute atomic E-state index is 12.1. The molecule has 114 valence electrons. The predicted octanol–water partition coefficient (Wildman–Crippen LogP) is 3.00. The molecule has 0 unspecified atom stereocenters. The minimum Gasteiger partial charge on any atom is -0.296 e. The molecular formula is C17H19N3OS. The molecule has 0 atom stereocenters. The first-order valence-electron chi connectivity index (χ1n) is 7.24. The van der Waals surface area contributed by atoms with E-state index in [-0.39, 0.29) is 5.56 Å². The van der Waals surface area contributed by atoms with Crippen molar-refractivity contribution in [1.82, 2.24) is 14.3 Å². The Labute approximate surface area is 133 Å². The summed E-state index contributed by atoms with van der Waals surface area (Å²) in [6.45, 7) is 5.58. The Morgan fingerprint density at radius 2 is 1.91 bits per heavy atom. The normalized spacial score (nSPS) is 11.5. The standard InChI is InChI=1S/C17H19N3OS/c1-12-4-6-14(7-5-12)10-19(3)11-15-8-16(21)20-9-13(2)22-17(20)18-15/h4-9H,10-11H2,1-3H3. The molecule has 0 bridgehead atoms. The Morgan fingerprint density at radius 1 is 1.18 bits per heavy atom. The van der Waals surface area contributed by atoms with Crippen molar-refractivity contribution in [2.24, 2.45) is 0 Å². The van der Waals surface area contributed by atoms with E-state index in [1.165, 1.54) is 11.1 Å². The Hall–Kier alpha value is -1.98. The topological polar surface area (TPSA) is 37.6 Å². The molecule has 0 aliphatic rings. The summed E-state index contributed by atoms with van der Waals surface area (Å²) < 4.78 is 1.61. The van der Waals surface area contributed by atoms with Gasteiger partial charge in [-0.1, -0.05) is 29.8 Å². The van der Waals surface area contributed by atoms with E-state index in [9.17, 15) is 4.79 Å². The third kappa shape index (κ3) is 3.26. The molecule has 0 amide bonds. The molecular weight excluding hydrogens is 294 g/mol. The van der Waals surface area contributed by atoms with Crippen molar-refractivity contribution < 1.29 is 0 Å². The maximum atomic E-state index is 12.1. The Balaban J connectivity index is 1.77. The first kappa shape index (κ1) is 14.9. The predicted molar refractivity (Wildman–Crippen MR) is 90.4 cm³/mol. The van der Waals surface area contributed by atoms with Gasteiger partial charge in [-0.3, -0.25) is 14.1 Å². The fraction of sp³-hybridized carbons (Fsp3) is 0.294. The van der Waals surface area contributed by atoms with Crippen LogP contribution in [0.15, 0.2) is 41.3 Å². The third-order valence-corrected chi connectivity index (χ3v) is 4.44. The van der Waals surface area contributed by atoms with Crippen molar-refractivity contribution in [2.45, 2.75) is 26.9 Å². The largest absolute Gasteiger partial charge is 0.296 e. The van der Waals surface area contributed by atoms with Crippen molar-refractivity contribution >= 4 is 16.3 Å². The van der Waals surface area contributed by atoms with Crippen LogP contribution < -0.4 is 5.56 Å². The Morgan fingerprint density at radius 3 is 2.64 bits per heavy atom. The highest BCUT2D eigenvalue weighted by molar-refractivity contribution is 7.16. The molecule has 0 aliphatic carbocycles. The molecule has 0 aliphatic heterocycles. The number of aromatic nitrogens is 2. The van der Waals surface area contributed by atoms with Gasteiger partial charge in [0.2, 0.25) is 0 Å². The molecule has 5 heteroatoms. The lowest BCUT2D eigenvalue weighted by molar-refractivity contribution is 0.315. The quantitative estimate of drug-likeness (QED) is 0.743. The molecule has 0 spiro atoms. The highest BCUT2D eigenvalue weighted by Crippen LogP contribution is 2.14. The molecule has 0 saturated heterocycles. The van der Waals surface area contributed by atoms with Gasteiger partial charge in [0.15, 0.2) is 4.96 Å². The Bertz CT molecular complexity index is 848. The van der Waals surface area contributed by atoms with Crippen LogP contribution >= 0.6 is 11.3 Å². The summed E-state index contributed by atoms with van der Waals surface area (Å²) in [5.41, 5.74) is 3.34. The fourth-order valence-corrected chi connectivity index (χ4v) is 3.33. The Kier molecular flexibility index (Phi) is 4.09. The molecule has 1 aromatic carbocycles. The number of thiazole rings is 1. The first-order valence-corrected chi connectivity index (χ1v) is 8.06. The van der Waals surface area contributed by atoms with Crippen molar-refractivity contribution in [3.05, 3.63) is 68.6 Å². The lowest BCUT2D eigenvalue weighted by Gasteiger charge is -2.16. The zero-order chi connectivity index (χ0) is 15.7. The van der Waals surface area contributed by atoms with Crippen LogP contribution in [0, 0.1) is 13.8 Å². The fourth-order valence-electron chi connectivity index (χ4n) is 2.48. The van der Waals surface area contributed by atoms with E-state index in [4.69, 9.17) is 0 Å². The molecule has 22 heavy (non-hydrogen) atoms. The van der Waals surface area contributed by atoms with Gasteiger partial charge in [-0.2, -0.15) is 0 Å². The van der Waals surface area contributed by atoms with Crippen LogP contribution in [0.3, 0.4) is 0 Å². The van der Waals surface area contributed by atoms with E-state index >= 15 is 0 Å². The zero-order valence-corrected chi connectivity index (χ0v) is 13.9. The minimum atomic E-state index is -0.00640. The molecule has 3 aromatic rings. The summed E-state index contributed by atoms with van der Waals surface area (Å²) in [6, 6.07) is 10.1. The van der Waals surface area contributed by atoms with Crippen molar-refractivity contribution in [1.29, 1.82) is 0 Å². The lowest BCUT2D eigenvalue weighted by atomic mass is 10.1. The van der Waals surface area contributed by atoms with E-state index in [1.807, 2.05) is 20.2 Å². The number of fused-ring (bicyclic) bond motifs is 1. The molecule has 2 aromatic heterocycles. The van der Waals surface area contributed by atoms with Gasteiger partial charge in [0.05, 0.1) is 5.69 Å². The second-order valence-electron chi connectivity index (χ2n) is 5.74. The van der Waals surface area contributed by atoms with Gasteiger partial charge in [0.1, 0.15) is 0 Å². The SMILES string of the molecule is Cc1ccc(CN(C)Cc2cc(=O)n3cc(C)sc3n2)cc1. The van der Waals surface area contributed by atoms with Gasteiger partial charge in [-0.15, -0.1) is 11.3 Å². The summed E-state index contributed by atoms with van der Waals surface area (Å²) >= 11 is 1.55. The van der Waals surface area contributed by atoms with E-state index in [0.717, 1.165) is 22.1 Å². The molecule has 0 saturated carbocycles. The monoisotopic (exact) mass is 313 g/mol. The molecule has 0 fully saturated rings. The summed E-state index contributed by atoms with van der Waals surface area (Å²) in [5.74, 6) is 0. The van der Waals surface area contributed by atoms with Crippen LogP contribution in [0.25, 0.3) is 4.96 Å². The number of rotatable bonds is 4. The highest BCUT2D eigenvalue weighted by Gasteiger charge is 2.08. The molecule has 0 N–H and O–H groups in total. The van der Waals surface area contributed by atoms with Crippen molar-refractivity contribution in [2.75, 3.05) is 7.05 Å². The minimum absolute atomic E-state index is 0.00640. The van der Waals surface area contributed by atoms with Gasteiger partial charge in [-0.25, -0.2) is 4.98 Å². The highest BCUT2D eigenvalue weighted by atomic mass is 32.1. The first-order chi connectivity index (χ1) is 10.5. The average molecular weight is 313 g/mol. The van der Waals surface area contributed by atoms with Gasteiger partial charge >= 0.3 is 0 Å². The number of aryl methyl sites for hydroxylation is 2. The van der Waals surface area contributed by atoms with E-state index < -0.39 is 0 Å². The van der Waals surface area contributed by atoms with Crippen LogP contribution in [0.5, 0.6) is 0 Å². The average Bonchev–Trinajstić information content (AvgIpc) is 2.82. The molecule has 3 rings (SSSR count). The molecule has 4 nitrogen and oxygen atoms in total. The van der Waals surface area contributed by atoms with Crippen LogP contribution in [0.2, 0.25) is 0 Å².